The first kappa shape index (κ1) is 111. The number of ether oxygens (including phenoxy) is 12. The third-order valence-corrected chi connectivity index (χ3v) is 25.0. The molecule has 0 aliphatic carbocycles. The van der Waals surface area contributed by atoms with Gasteiger partial charge in [-0.2, -0.15) is 5.26 Å². The van der Waals surface area contributed by atoms with Crippen LogP contribution in [0.25, 0.3) is 55.6 Å². The summed E-state index contributed by atoms with van der Waals surface area (Å²) in [4.78, 5) is 29.1. The van der Waals surface area contributed by atoms with Crippen molar-refractivity contribution in [3.63, 3.8) is 0 Å². The van der Waals surface area contributed by atoms with Gasteiger partial charge in [0.25, 0.3) is 0 Å². The summed E-state index contributed by atoms with van der Waals surface area (Å²) in [6.45, 7) is 8.64. The highest BCUT2D eigenvalue weighted by atomic mass is 35.5. The van der Waals surface area contributed by atoms with Crippen LogP contribution in [0.3, 0.4) is 0 Å². The lowest BCUT2D eigenvalue weighted by Gasteiger charge is -2.20. The monoisotopic (exact) mass is 2160 g/mol. The van der Waals surface area contributed by atoms with Crippen LogP contribution < -0.4 is 85.5 Å². The lowest BCUT2D eigenvalue weighted by atomic mass is 10.0. The highest BCUT2D eigenvalue weighted by Gasteiger charge is 2.28. The molecule has 6 heterocycles. The lowest BCUT2D eigenvalue weighted by Crippen LogP contribution is -2.08. The van der Waals surface area contributed by atoms with Crippen LogP contribution in [-0.2, 0) is 6.42 Å². The van der Waals surface area contributed by atoms with Crippen LogP contribution in [-0.4, -0.2) is 101 Å². The number of phenols is 1. The first-order chi connectivity index (χ1) is 68.9. The number of nitrogens with zero attached hydrogens (tertiary/aromatic N) is 8. The van der Waals surface area contributed by atoms with E-state index in [2.05, 4.69) is 41.0 Å². The van der Waals surface area contributed by atoms with E-state index < -0.39 is 53.8 Å². The standard InChI is InChI=1S/C22H18Cl2FN3O2.C22H21Cl2FN2O4.C20H17Cl2FN2O3.C20H17Cl2FN2O2.C19H18Cl2N4O3/c1-12(20-16(23)4-5-17(25)21(20)24)30-19-10-15(11-28-22(19)27)13-3-6-18(29-2)14(9-13)7-8-26;1-12(20-15(23)4-5-16(25)21(20)24)31-19-10-14(11-27-22(19)26)13-3-6-17(30-8-7-28)18(9-13)29-2;1-10(18-13(21)4-5-14(23)19(18)22)28-17-8-12(9-25-20(17)24)11-3-6-15(26)16(7-11)27-2;1-11(18-15(21)7-8-16(23)19(18)22)27-17-9-13(10-25-20(17)24)12-3-5-14(26-2)6-4-12;1-10(16-13(20)4-5-14(26-2)17(16)21)28-15-6-11(7-23-18(15)22)12-8-24-19(27-3)25-9-12/h3-6,9-12H,7H2,1-2H3,(H2,27,28);3-6,9-12,28H,7-8H2,1-2H3,(H2,26,27);3-10,26H,1-2H3,(H2,24,25);3-11H,1-2H3,(H2,24,25);4-10H,1-3H3,(H2,22,23). The molecule has 750 valence electrons. The van der Waals surface area contributed by atoms with E-state index in [-0.39, 0.29) is 101 Å². The Labute approximate surface area is 876 Å². The van der Waals surface area contributed by atoms with Gasteiger partial charge in [-0.15, -0.1) is 0 Å². The van der Waals surface area contributed by atoms with E-state index in [1.807, 2.05) is 49.4 Å². The summed E-state index contributed by atoms with van der Waals surface area (Å²) < 4.78 is 122. The molecule has 0 saturated carbocycles. The van der Waals surface area contributed by atoms with Crippen molar-refractivity contribution in [1.82, 2.24) is 34.9 Å². The smallest absolute Gasteiger partial charge is 0.316 e. The van der Waals surface area contributed by atoms with Gasteiger partial charge in [-0.3, -0.25) is 0 Å². The number of halogens is 14. The number of aromatic nitrogens is 7. The maximum absolute atomic E-state index is 13.9. The SMILES string of the molecule is COc1cc(-c2cnc(N)c(OC(C)c3c(Cl)ccc(F)c3Cl)c2)ccc1O.COc1cc(-c2cnc(N)c(OC(C)c3c(Cl)ccc(F)c3Cl)c2)ccc1OCCO.COc1ccc(-c2cnc(N)c(OC(C)c3c(Cl)ccc(F)c3Cl)c2)cc1.COc1ccc(-c2cnc(N)c(OC(C)c3c(Cl)ccc(F)c3Cl)c2)cc1CC#N.COc1ncc(-c2cnc(N)c(OC(C)c3c(Cl)ccc(OC)c3Cl)c2)cn1. The molecule has 0 saturated heterocycles. The number of hydrogen-bond acceptors (Lipinski definition) is 27. The zero-order chi connectivity index (χ0) is 105. The molecule has 0 radical (unpaired) electrons. The van der Waals surface area contributed by atoms with Crippen molar-refractivity contribution in [2.24, 2.45) is 0 Å². The molecule has 0 aliphatic heterocycles. The van der Waals surface area contributed by atoms with Crippen molar-refractivity contribution >= 4 is 145 Å². The predicted octanol–water partition coefficient (Wildman–Crippen LogP) is 27.4. The van der Waals surface area contributed by atoms with Gasteiger partial charge in [0.2, 0.25) is 0 Å². The van der Waals surface area contributed by atoms with Crippen molar-refractivity contribution < 1.29 is 84.6 Å². The molecule has 41 heteroatoms. The second-order valence-corrected chi connectivity index (χ2v) is 34.6. The lowest BCUT2D eigenvalue weighted by molar-refractivity contribution is 0.196. The molecule has 12 N–H and O–H groups in total. The number of rotatable bonds is 30. The number of phenolic OH excluding ortho intramolecular Hbond substituents is 1. The van der Waals surface area contributed by atoms with Crippen molar-refractivity contribution in [2.75, 3.05) is 84.5 Å². The number of nitriles is 1. The van der Waals surface area contributed by atoms with Gasteiger partial charge in [0.05, 0.1) is 86.9 Å². The van der Waals surface area contributed by atoms with Crippen molar-refractivity contribution in [3.8, 4) is 137 Å². The van der Waals surface area contributed by atoms with Crippen LogP contribution >= 0.6 is 116 Å². The number of hydrogen-bond donors (Lipinski definition) is 7. The Morgan fingerprint density at radius 2 is 0.590 bits per heavy atom. The zero-order valence-corrected chi connectivity index (χ0v) is 85.8. The summed E-state index contributed by atoms with van der Waals surface area (Å²) in [6.07, 6.45) is 8.33. The highest BCUT2D eigenvalue weighted by molar-refractivity contribution is 6.39. The molecule has 9 aromatic carbocycles. The van der Waals surface area contributed by atoms with Gasteiger partial charge < -0.3 is 95.7 Å². The minimum atomic E-state index is -0.682. The van der Waals surface area contributed by atoms with Crippen LogP contribution in [0.2, 0.25) is 50.2 Å². The molecule has 0 aliphatic rings. The van der Waals surface area contributed by atoms with E-state index in [0.717, 1.165) is 55.8 Å². The quantitative estimate of drug-likeness (QED) is 0.0162. The Morgan fingerprint density at radius 3 is 0.924 bits per heavy atom. The summed E-state index contributed by atoms with van der Waals surface area (Å²) in [5, 5.41) is 29.4. The fourth-order valence-corrected chi connectivity index (χ4v) is 17.5. The van der Waals surface area contributed by atoms with Gasteiger partial charge in [0.15, 0.2) is 80.8 Å². The van der Waals surface area contributed by atoms with E-state index in [1.165, 1.54) is 83.0 Å². The molecule has 0 fully saturated rings. The average Bonchev–Trinajstić information content (AvgIpc) is 0.815. The van der Waals surface area contributed by atoms with Crippen molar-refractivity contribution in [3.05, 3.63) is 320 Å². The Hall–Kier alpha value is -13.7. The Morgan fingerprint density at radius 1 is 0.306 bits per heavy atom. The molecule has 5 atom stereocenters. The minimum Gasteiger partial charge on any atom is -0.504 e. The van der Waals surface area contributed by atoms with E-state index in [4.69, 9.17) is 212 Å². The van der Waals surface area contributed by atoms with E-state index in [1.54, 1.807) is 158 Å². The molecule has 0 bridgehead atoms. The normalized spacial score (nSPS) is 11.8. The number of anilines is 5. The minimum absolute atomic E-state index is 0.0233. The Kier molecular flexibility index (Phi) is 39.6. The molecule has 15 aromatic rings. The van der Waals surface area contributed by atoms with Gasteiger partial charge >= 0.3 is 6.01 Å². The van der Waals surface area contributed by atoms with Gasteiger partial charge in [-0.1, -0.05) is 146 Å². The third-order valence-electron chi connectivity index (χ3n) is 21.4. The maximum atomic E-state index is 13.9. The largest absolute Gasteiger partial charge is 0.504 e. The molecular weight excluding hydrogens is 2070 g/mol. The van der Waals surface area contributed by atoms with Gasteiger partial charge in [0, 0.05) is 135 Å². The topological polar surface area (TPSA) is 395 Å². The van der Waals surface area contributed by atoms with Crippen LogP contribution in [0, 0.1) is 34.6 Å². The summed E-state index contributed by atoms with van der Waals surface area (Å²) in [5.74, 6) is 3.45. The Bertz CT molecular complexity index is 7130. The molecule has 27 nitrogen and oxygen atoms in total. The fraction of sp³-hybridized carbons (Fsp3) is 0.184. The number of methoxy groups -OCH3 is 6. The number of nitrogen functional groups attached to an aromatic ring is 5. The first-order valence-electron chi connectivity index (χ1n) is 42.9. The Balaban J connectivity index is 0.000000172. The molecule has 0 spiro atoms. The number of aromatic hydroxyl groups is 1. The molecule has 0 amide bonds. The first-order valence-corrected chi connectivity index (χ1v) is 46.7. The average molecular weight is 2170 g/mol. The third kappa shape index (κ3) is 27.6. The van der Waals surface area contributed by atoms with Crippen LogP contribution in [0.1, 0.15) is 98.5 Å². The number of aliphatic hydroxyl groups excluding tert-OH is 1. The summed E-state index contributed by atoms with van der Waals surface area (Å²) in [6, 6.07) is 48.1. The number of nitrogens with two attached hydrogens (primary N) is 5. The molecule has 15 rings (SSSR count). The molecule has 144 heavy (non-hydrogen) atoms. The maximum Gasteiger partial charge on any atom is 0.316 e. The van der Waals surface area contributed by atoms with E-state index in [9.17, 15) is 22.7 Å². The van der Waals surface area contributed by atoms with Gasteiger partial charge in [0.1, 0.15) is 77.6 Å². The number of benzene rings is 9. The van der Waals surface area contributed by atoms with Crippen LogP contribution in [0.4, 0.5) is 46.7 Å². The van der Waals surface area contributed by atoms with Crippen LogP contribution in [0.15, 0.2) is 213 Å². The van der Waals surface area contributed by atoms with E-state index >= 15 is 0 Å². The van der Waals surface area contributed by atoms with Gasteiger partial charge in [-0.25, -0.2) is 52.4 Å². The molecule has 5 unspecified atom stereocenters. The summed E-state index contributed by atoms with van der Waals surface area (Å²) in [5.41, 5.74) is 40.2. The van der Waals surface area contributed by atoms with Gasteiger partial charge in [-0.05, 0) is 196 Å². The van der Waals surface area contributed by atoms with E-state index in [0.29, 0.717) is 106 Å². The molecular formula is C103H91Cl10F4N13O14. The fourth-order valence-electron chi connectivity index (χ4n) is 14.0. The summed E-state index contributed by atoms with van der Waals surface area (Å²) >= 11 is 61.7. The number of pyridine rings is 5. The predicted molar refractivity (Wildman–Crippen MR) is 556 cm³/mol. The van der Waals surface area contributed by atoms with Crippen LogP contribution in [0.5, 0.6) is 75.0 Å². The highest BCUT2D eigenvalue weighted by Crippen LogP contribution is 2.47. The van der Waals surface area contributed by atoms with Crippen molar-refractivity contribution in [2.45, 2.75) is 71.6 Å². The van der Waals surface area contributed by atoms with Crippen molar-refractivity contribution in [1.29, 1.82) is 5.26 Å². The second kappa shape index (κ2) is 51.5. The number of aliphatic hydroxyl groups is 1. The zero-order valence-electron chi connectivity index (χ0n) is 78.3. The summed E-state index contributed by atoms with van der Waals surface area (Å²) in [7, 11) is 9.18. The molecule has 6 aromatic heterocycles. The second-order valence-electron chi connectivity index (χ2n) is 30.7.